The molecular weight excluding hydrogens is 232 g/mol. The smallest absolute Gasteiger partial charge is 0.213 e. The molecule has 0 atom stereocenters. The second-order valence-corrected chi connectivity index (χ2v) is 4.74. The van der Waals surface area contributed by atoms with Gasteiger partial charge in [0.05, 0.1) is 7.11 Å². The highest BCUT2D eigenvalue weighted by Crippen LogP contribution is 2.09. The Morgan fingerprint density at radius 3 is 3.12 bits per heavy atom. The number of methoxy groups -OCH3 is 1. The van der Waals surface area contributed by atoms with E-state index in [1.165, 1.54) is 10.4 Å². The third-order valence-electron chi connectivity index (χ3n) is 2.47. The molecule has 2 rings (SSSR count). The van der Waals surface area contributed by atoms with Gasteiger partial charge < -0.3 is 10.1 Å². The largest absolute Gasteiger partial charge is 0.481 e. The Morgan fingerprint density at radius 2 is 2.35 bits per heavy atom. The first-order valence-electron chi connectivity index (χ1n) is 5.60. The van der Waals surface area contributed by atoms with Crippen LogP contribution >= 0.6 is 11.3 Å². The topological polar surface area (TPSA) is 34.1 Å². The Hall–Kier alpha value is -1.39. The third-order valence-corrected chi connectivity index (χ3v) is 3.40. The Balaban J connectivity index is 1.74. The molecule has 0 spiro atoms. The quantitative estimate of drug-likeness (QED) is 0.797. The van der Waals surface area contributed by atoms with E-state index in [0.717, 1.165) is 19.5 Å². The zero-order chi connectivity index (χ0) is 11.9. The average molecular weight is 248 g/mol. The molecule has 0 bridgehead atoms. The van der Waals surface area contributed by atoms with E-state index >= 15 is 0 Å². The van der Waals surface area contributed by atoms with Crippen LogP contribution in [0.4, 0.5) is 0 Å². The van der Waals surface area contributed by atoms with Crippen LogP contribution in [0.5, 0.6) is 5.88 Å². The predicted molar refractivity (Wildman–Crippen MR) is 70.5 cm³/mol. The van der Waals surface area contributed by atoms with Crippen molar-refractivity contribution in [3.63, 3.8) is 0 Å². The van der Waals surface area contributed by atoms with Crippen LogP contribution in [-0.4, -0.2) is 18.6 Å². The number of thiophene rings is 1. The lowest BCUT2D eigenvalue weighted by molar-refractivity contribution is 0.397. The summed E-state index contributed by atoms with van der Waals surface area (Å²) in [6.07, 6.45) is 2.86. The molecule has 0 aromatic carbocycles. The van der Waals surface area contributed by atoms with Crippen LogP contribution in [0.15, 0.2) is 35.8 Å². The molecule has 0 aliphatic carbocycles. The molecule has 0 saturated carbocycles. The minimum Gasteiger partial charge on any atom is -0.481 e. The molecule has 0 aliphatic rings. The summed E-state index contributed by atoms with van der Waals surface area (Å²) in [5.41, 5.74) is 1.20. The highest BCUT2D eigenvalue weighted by Gasteiger charge is 1.97. The van der Waals surface area contributed by atoms with Gasteiger partial charge in [0, 0.05) is 30.2 Å². The van der Waals surface area contributed by atoms with Crippen LogP contribution in [0, 0.1) is 0 Å². The molecule has 2 aromatic heterocycles. The number of nitrogens with zero attached hydrogens (tertiary/aromatic N) is 1. The van der Waals surface area contributed by atoms with E-state index in [9.17, 15) is 0 Å². The Bertz CT molecular complexity index is 442. The zero-order valence-electron chi connectivity index (χ0n) is 9.85. The van der Waals surface area contributed by atoms with E-state index in [2.05, 4.69) is 27.8 Å². The summed E-state index contributed by atoms with van der Waals surface area (Å²) >= 11 is 1.81. The van der Waals surface area contributed by atoms with Gasteiger partial charge in [0.25, 0.3) is 0 Å². The maximum atomic E-state index is 5.08. The summed E-state index contributed by atoms with van der Waals surface area (Å²) in [6, 6.07) is 8.22. The normalized spacial score (nSPS) is 10.4. The number of ether oxygens (including phenoxy) is 1. The van der Waals surface area contributed by atoms with Crippen LogP contribution < -0.4 is 10.1 Å². The first-order chi connectivity index (χ1) is 8.38. The van der Waals surface area contributed by atoms with E-state index in [1.807, 2.05) is 12.1 Å². The molecule has 0 unspecified atom stereocenters. The van der Waals surface area contributed by atoms with Gasteiger partial charge in [-0.1, -0.05) is 6.07 Å². The second kappa shape index (κ2) is 6.37. The van der Waals surface area contributed by atoms with Gasteiger partial charge in [0.1, 0.15) is 0 Å². The molecule has 0 fully saturated rings. The van der Waals surface area contributed by atoms with Crippen molar-refractivity contribution in [2.24, 2.45) is 0 Å². The molecule has 3 nitrogen and oxygen atoms in total. The van der Waals surface area contributed by atoms with Gasteiger partial charge in [-0.25, -0.2) is 4.98 Å². The van der Waals surface area contributed by atoms with Crippen LogP contribution in [0.2, 0.25) is 0 Å². The average Bonchev–Trinajstić information content (AvgIpc) is 2.88. The molecule has 17 heavy (non-hydrogen) atoms. The molecule has 0 radical (unpaired) electrons. The van der Waals surface area contributed by atoms with Gasteiger partial charge in [-0.3, -0.25) is 0 Å². The summed E-state index contributed by atoms with van der Waals surface area (Å²) in [5.74, 6) is 0.669. The first-order valence-corrected chi connectivity index (χ1v) is 6.48. The van der Waals surface area contributed by atoms with Crippen LogP contribution in [-0.2, 0) is 13.0 Å². The number of rotatable bonds is 6. The molecule has 1 N–H and O–H groups in total. The number of pyridine rings is 1. The van der Waals surface area contributed by atoms with E-state index < -0.39 is 0 Å². The number of hydrogen-bond donors (Lipinski definition) is 1. The molecule has 0 saturated heterocycles. The fraction of sp³-hybridized carbons (Fsp3) is 0.308. The molecule has 2 aromatic rings. The summed E-state index contributed by atoms with van der Waals surface area (Å²) in [4.78, 5) is 5.50. The second-order valence-electron chi connectivity index (χ2n) is 3.71. The Labute approximate surface area is 105 Å². The molecule has 2 heterocycles. The van der Waals surface area contributed by atoms with E-state index in [4.69, 9.17) is 4.74 Å². The van der Waals surface area contributed by atoms with Gasteiger partial charge in [-0.2, -0.15) is 0 Å². The predicted octanol–water partition coefficient (Wildman–Crippen LogP) is 2.48. The van der Waals surface area contributed by atoms with Crippen molar-refractivity contribution in [1.29, 1.82) is 0 Å². The highest BCUT2D eigenvalue weighted by molar-refractivity contribution is 7.09. The lowest BCUT2D eigenvalue weighted by Crippen LogP contribution is -2.16. The van der Waals surface area contributed by atoms with Crippen molar-refractivity contribution in [1.82, 2.24) is 10.3 Å². The standard InChI is InChI=1S/C13H16N2OS/c1-16-13-9-11(4-7-15-13)10-14-6-5-12-3-2-8-17-12/h2-4,7-9,14H,5-6,10H2,1H3. The summed E-state index contributed by atoms with van der Waals surface area (Å²) < 4.78 is 5.08. The third kappa shape index (κ3) is 3.84. The minimum atomic E-state index is 0.669. The van der Waals surface area contributed by atoms with E-state index in [0.29, 0.717) is 5.88 Å². The van der Waals surface area contributed by atoms with Gasteiger partial charge in [0.2, 0.25) is 5.88 Å². The zero-order valence-corrected chi connectivity index (χ0v) is 10.7. The SMILES string of the molecule is COc1cc(CNCCc2cccs2)ccn1. The maximum absolute atomic E-state index is 5.08. The van der Waals surface area contributed by atoms with E-state index in [-0.39, 0.29) is 0 Å². The minimum absolute atomic E-state index is 0.669. The number of hydrogen-bond acceptors (Lipinski definition) is 4. The molecule has 0 aliphatic heterocycles. The van der Waals surface area contributed by atoms with Crippen LogP contribution in [0.25, 0.3) is 0 Å². The monoisotopic (exact) mass is 248 g/mol. The lowest BCUT2D eigenvalue weighted by Gasteiger charge is -2.05. The van der Waals surface area contributed by atoms with Gasteiger partial charge in [-0.15, -0.1) is 11.3 Å². The van der Waals surface area contributed by atoms with Gasteiger partial charge >= 0.3 is 0 Å². The lowest BCUT2D eigenvalue weighted by atomic mass is 10.2. The summed E-state index contributed by atoms with van der Waals surface area (Å²) in [6.45, 7) is 1.84. The van der Waals surface area contributed by atoms with Crippen LogP contribution in [0.3, 0.4) is 0 Å². The molecular formula is C13H16N2OS. The fourth-order valence-corrected chi connectivity index (χ4v) is 2.28. The highest BCUT2D eigenvalue weighted by atomic mass is 32.1. The van der Waals surface area contributed by atoms with Gasteiger partial charge in [-0.05, 0) is 29.5 Å². The van der Waals surface area contributed by atoms with Crippen molar-refractivity contribution in [3.05, 3.63) is 46.3 Å². The molecule has 4 heteroatoms. The van der Waals surface area contributed by atoms with Crippen molar-refractivity contribution in [3.8, 4) is 5.88 Å². The number of aromatic nitrogens is 1. The molecule has 90 valence electrons. The number of nitrogens with one attached hydrogen (secondary N) is 1. The molecule has 0 amide bonds. The summed E-state index contributed by atoms with van der Waals surface area (Å²) in [7, 11) is 1.64. The van der Waals surface area contributed by atoms with Crippen molar-refractivity contribution >= 4 is 11.3 Å². The van der Waals surface area contributed by atoms with Crippen molar-refractivity contribution in [2.75, 3.05) is 13.7 Å². The Morgan fingerprint density at radius 1 is 1.41 bits per heavy atom. The van der Waals surface area contributed by atoms with E-state index in [1.54, 1.807) is 24.6 Å². The summed E-state index contributed by atoms with van der Waals surface area (Å²) in [5, 5.41) is 5.53. The first kappa shape index (κ1) is 12.1. The maximum Gasteiger partial charge on any atom is 0.213 e. The fourth-order valence-electron chi connectivity index (χ4n) is 1.57. The Kier molecular flexibility index (Phi) is 4.53. The van der Waals surface area contributed by atoms with Crippen molar-refractivity contribution < 1.29 is 4.74 Å². The van der Waals surface area contributed by atoms with Crippen molar-refractivity contribution in [2.45, 2.75) is 13.0 Å². The van der Waals surface area contributed by atoms with Gasteiger partial charge in [0.15, 0.2) is 0 Å². The van der Waals surface area contributed by atoms with Crippen LogP contribution in [0.1, 0.15) is 10.4 Å².